The summed E-state index contributed by atoms with van der Waals surface area (Å²) in [6.45, 7) is 3.24. The molecule has 3 rings (SSSR count). The number of hydrogen-bond acceptors (Lipinski definition) is 4. The van der Waals surface area contributed by atoms with Gasteiger partial charge in [0.15, 0.2) is 11.5 Å². The third-order valence-electron chi connectivity index (χ3n) is 4.13. The second kappa shape index (κ2) is 5.76. The Morgan fingerprint density at radius 2 is 1.95 bits per heavy atom. The summed E-state index contributed by atoms with van der Waals surface area (Å²) in [5, 5.41) is 2.42. The van der Waals surface area contributed by atoms with Crippen LogP contribution in [-0.4, -0.2) is 25.0 Å². The molecule has 1 aromatic rings. The average molecular weight is 289 g/mol. The van der Waals surface area contributed by atoms with Gasteiger partial charge in [-0.3, -0.25) is 14.9 Å². The lowest BCUT2D eigenvalue weighted by molar-refractivity contribution is -0.137. The molecule has 2 heterocycles. The number of fused-ring (bicyclic) bond motifs is 1. The monoisotopic (exact) mass is 289 g/mol. The fourth-order valence-electron chi connectivity index (χ4n) is 3.04. The van der Waals surface area contributed by atoms with Gasteiger partial charge >= 0.3 is 0 Å². The van der Waals surface area contributed by atoms with Crippen molar-refractivity contribution in [3.05, 3.63) is 23.8 Å². The number of amides is 2. The van der Waals surface area contributed by atoms with Gasteiger partial charge in [-0.25, -0.2) is 0 Å². The lowest BCUT2D eigenvalue weighted by Crippen LogP contribution is -2.44. The zero-order valence-electron chi connectivity index (χ0n) is 12.1. The number of rotatable bonds is 2. The van der Waals surface area contributed by atoms with Crippen molar-refractivity contribution in [2.75, 3.05) is 13.2 Å². The molecule has 5 nitrogen and oxygen atoms in total. The summed E-state index contributed by atoms with van der Waals surface area (Å²) in [5.41, 5.74) is 0.967. The minimum Gasteiger partial charge on any atom is -0.490 e. The molecule has 2 unspecified atom stereocenters. The van der Waals surface area contributed by atoms with Crippen LogP contribution in [0.1, 0.15) is 37.7 Å². The highest BCUT2D eigenvalue weighted by Crippen LogP contribution is 2.38. The predicted octanol–water partition coefficient (Wildman–Crippen LogP) is 2.00. The largest absolute Gasteiger partial charge is 0.490 e. The highest BCUT2D eigenvalue weighted by Gasteiger charge is 2.35. The first-order valence-corrected chi connectivity index (χ1v) is 7.42. The van der Waals surface area contributed by atoms with E-state index in [2.05, 4.69) is 5.32 Å². The maximum atomic E-state index is 12.0. The molecule has 1 saturated heterocycles. The number of ether oxygens (including phenoxy) is 2. The predicted molar refractivity (Wildman–Crippen MR) is 76.3 cm³/mol. The zero-order valence-corrected chi connectivity index (χ0v) is 12.1. The van der Waals surface area contributed by atoms with Crippen LogP contribution in [0.15, 0.2) is 18.2 Å². The van der Waals surface area contributed by atoms with Crippen LogP contribution in [0, 0.1) is 5.92 Å². The van der Waals surface area contributed by atoms with Gasteiger partial charge in [0.1, 0.15) is 0 Å². The summed E-state index contributed by atoms with van der Waals surface area (Å²) in [6, 6.07) is 5.73. The maximum absolute atomic E-state index is 12.0. The smallest absolute Gasteiger partial charge is 0.230 e. The van der Waals surface area contributed by atoms with E-state index < -0.39 is 0 Å². The minimum atomic E-state index is -0.207. The van der Waals surface area contributed by atoms with Gasteiger partial charge in [0.25, 0.3) is 0 Å². The van der Waals surface area contributed by atoms with Crippen molar-refractivity contribution in [2.24, 2.45) is 5.92 Å². The van der Waals surface area contributed by atoms with Gasteiger partial charge in [0, 0.05) is 24.7 Å². The molecule has 2 aliphatic heterocycles. The van der Waals surface area contributed by atoms with E-state index in [4.69, 9.17) is 9.47 Å². The van der Waals surface area contributed by atoms with Gasteiger partial charge in [-0.1, -0.05) is 13.0 Å². The van der Waals surface area contributed by atoms with Crippen LogP contribution in [0.5, 0.6) is 11.5 Å². The van der Waals surface area contributed by atoms with E-state index in [-0.39, 0.29) is 23.7 Å². The summed E-state index contributed by atoms with van der Waals surface area (Å²) in [6.07, 6.45) is 1.90. The first-order chi connectivity index (χ1) is 10.2. The molecule has 0 aliphatic carbocycles. The third kappa shape index (κ3) is 2.73. The van der Waals surface area contributed by atoms with E-state index in [1.54, 1.807) is 0 Å². The van der Waals surface area contributed by atoms with Crippen LogP contribution < -0.4 is 14.8 Å². The molecule has 2 atom stereocenters. The molecule has 1 fully saturated rings. The van der Waals surface area contributed by atoms with Crippen LogP contribution in [0.4, 0.5) is 0 Å². The van der Waals surface area contributed by atoms with Crippen LogP contribution in [0.2, 0.25) is 0 Å². The molecule has 112 valence electrons. The Labute approximate surface area is 123 Å². The number of piperidine rings is 1. The Hall–Kier alpha value is -2.04. The highest BCUT2D eigenvalue weighted by molar-refractivity contribution is 5.99. The number of hydrogen-bond donors (Lipinski definition) is 1. The van der Waals surface area contributed by atoms with Gasteiger partial charge in [0.2, 0.25) is 11.8 Å². The third-order valence-corrected chi connectivity index (χ3v) is 4.13. The second-order valence-electron chi connectivity index (χ2n) is 5.49. The van der Waals surface area contributed by atoms with Crippen molar-refractivity contribution in [3.63, 3.8) is 0 Å². The van der Waals surface area contributed by atoms with Gasteiger partial charge in [-0.2, -0.15) is 0 Å². The van der Waals surface area contributed by atoms with Crippen molar-refractivity contribution in [3.8, 4) is 11.5 Å². The first-order valence-electron chi connectivity index (χ1n) is 7.42. The fraction of sp³-hybridized carbons (Fsp3) is 0.500. The molecule has 0 aromatic heterocycles. The Kier molecular flexibility index (Phi) is 3.82. The molecule has 2 aliphatic rings. The van der Waals surface area contributed by atoms with Crippen molar-refractivity contribution >= 4 is 11.8 Å². The van der Waals surface area contributed by atoms with Crippen LogP contribution >= 0.6 is 0 Å². The van der Waals surface area contributed by atoms with Gasteiger partial charge in [-0.15, -0.1) is 0 Å². The second-order valence-corrected chi connectivity index (χ2v) is 5.49. The van der Waals surface area contributed by atoms with Crippen molar-refractivity contribution in [1.82, 2.24) is 5.32 Å². The quantitative estimate of drug-likeness (QED) is 0.846. The molecule has 0 radical (unpaired) electrons. The van der Waals surface area contributed by atoms with E-state index in [1.165, 1.54) is 0 Å². The fourth-order valence-corrected chi connectivity index (χ4v) is 3.04. The van der Waals surface area contributed by atoms with E-state index in [0.29, 0.717) is 31.8 Å². The number of carbonyl (C=O) groups excluding carboxylic acids is 2. The summed E-state index contributed by atoms with van der Waals surface area (Å²) < 4.78 is 11.3. The van der Waals surface area contributed by atoms with Crippen molar-refractivity contribution in [1.29, 1.82) is 0 Å². The Balaban J connectivity index is 1.93. The number of nitrogens with one attached hydrogen (secondary N) is 1. The minimum absolute atomic E-state index is 0.0894. The van der Waals surface area contributed by atoms with Gasteiger partial charge < -0.3 is 9.47 Å². The standard InChI is InChI=1S/C16H19NO4/c1-2-11-12(9-15(18)17-16(11)19)10-4-5-13-14(8-10)21-7-3-6-20-13/h4-5,8,11-12H,2-3,6-7,9H2,1H3,(H,17,18,19). The molecule has 1 aromatic carbocycles. The Morgan fingerprint density at radius 1 is 1.19 bits per heavy atom. The van der Waals surface area contributed by atoms with Gasteiger partial charge in [-0.05, 0) is 24.1 Å². The number of imide groups is 1. The Bertz CT molecular complexity index is 569. The highest BCUT2D eigenvalue weighted by atomic mass is 16.5. The van der Waals surface area contributed by atoms with Crippen molar-refractivity contribution in [2.45, 2.75) is 32.1 Å². The van der Waals surface area contributed by atoms with E-state index >= 15 is 0 Å². The molecule has 0 spiro atoms. The lowest BCUT2D eigenvalue weighted by Gasteiger charge is -2.30. The topological polar surface area (TPSA) is 64.6 Å². The number of carbonyl (C=O) groups is 2. The summed E-state index contributed by atoms with van der Waals surface area (Å²) >= 11 is 0. The van der Waals surface area contributed by atoms with Crippen LogP contribution in [0.25, 0.3) is 0 Å². The Morgan fingerprint density at radius 3 is 2.71 bits per heavy atom. The lowest BCUT2D eigenvalue weighted by atomic mass is 9.79. The molecule has 0 bridgehead atoms. The SMILES string of the molecule is CCC1C(=O)NC(=O)CC1c1ccc2c(c1)OCCCO2. The van der Waals surface area contributed by atoms with E-state index in [9.17, 15) is 9.59 Å². The average Bonchev–Trinajstić information content (AvgIpc) is 2.71. The molecule has 21 heavy (non-hydrogen) atoms. The molecule has 1 N–H and O–H groups in total. The van der Waals surface area contributed by atoms with E-state index in [0.717, 1.165) is 17.7 Å². The normalized spacial score (nSPS) is 25.2. The van der Waals surface area contributed by atoms with E-state index in [1.807, 2.05) is 25.1 Å². The summed E-state index contributed by atoms with van der Waals surface area (Å²) in [7, 11) is 0. The maximum Gasteiger partial charge on any atom is 0.230 e. The molecule has 0 saturated carbocycles. The van der Waals surface area contributed by atoms with Crippen LogP contribution in [0.3, 0.4) is 0 Å². The zero-order chi connectivity index (χ0) is 14.8. The summed E-state index contributed by atoms with van der Waals surface area (Å²) in [5.74, 6) is 0.794. The van der Waals surface area contributed by atoms with Gasteiger partial charge in [0.05, 0.1) is 13.2 Å². The molecular formula is C16H19NO4. The summed E-state index contributed by atoms with van der Waals surface area (Å²) in [4.78, 5) is 23.6. The van der Waals surface area contributed by atoms with Crippen molar-refractivity contribution < 1.29 is 19.1 Å². The molecule has 5 heteroatoms. The molecular weight excluding hydrogens is 270 g/mol. The molecule has 2 amide bonds. The van der Waals surface area contributed by atoms with Crippen LogP contribution in [-0.2, 0) is 9.59 Å². The number of benzene rings is 1. The first kappa shape index (κ1) is 13.9.